The first-order chi connectivity index (χ1) is 14.0. The number of aromatic nitrogens is 3. The molecule has 5 rings (SSSR count). The number of hydrogen-bond acceptors (Lipinski definition) is 6. The van der Waals surface area contributed by atoms with Crippen molar-refractivity contribution in [1.82, 2.24) is 19.4 Å². The minimum Gasteiger partial charge on any atom is -0.440 e. The molecule has 4 aromatic rings. The molecule has 0 N–H and O–H groups in total. The number of rotatable bonds is 2. The van der Waals surface area contributed by atoms with Gasteiger partial charge in [0.15, 0.2) is 11.5 Å². The maximum Gasteiger partial charge on any atom is 0.264 e. The van der Waals surface area contributed by atoms with E-state index in [1.807, 2.05) is 36.1 Å². The number of amides is 1. The predicted octanol–water partition coefficient (Wildman–Crippen LogP) is 3.46. The van der Waals surface area contributed by atoms with E-state index in [2.05, 4.69) is 9.97 Å². The maximum absolute atomic E-state index is 13.1. The van der Waals surface area contributed by atoms with Crippen LogP contribution in [0.5, 0.6) is 0 Å². The summed E-state index contributed by atoms with van der Waals surface area (Å²) in [6.45, 7) is 3.11. The molecule has 29 heavy (non-hydrogen) atoms. The normalized spacial score (nSPS) is 15.4. The molecular weight excluding hydrogens is 388 g/mol. The molecule has 1 amide bonds. The van der Waals surface area contributed by atoms with Crippen LogP contribution in [0.25, 0.3) is 21.3 Å². The van der Waals surface area contributed by atoms with E-state index in [-0.39, 0.29) is 17.4 Å². The van der Waals surface area contributed by atoms with E-state index in [1.165, 1.54) is 22.2 Å². The quantitative estimate of drug-likeness (QED) is 0.507. The second-order valence-corrected chi connectivity index (χ2v) is 8.48. The molecule has 0 saturated carbocycles. The van der Waals surface area contributed by atoms with Crippen LogP contribution >= 0.6 is 11.3 Å². The van der Waals surface area contributed by atoms with E-state index in [1.54, 1.807) is 7.05 Å². The Balaban J connectivity index is 1.36. The van der Waals surface area contributed by atoms with Crippen molar-refractivity contribution in [1.29, 1.82) is 0 Å². The van der Waals surface area contributed by atoms with Gasteiger partial charge in [0.2, 0.25) is 0 Å². The van der Waals surface area contributed by atoms with Gasteiger partial charge >= 0.3 is 0 Å². The predicted molar refractivity (Wildman–Crippen MR) is 111 cm³/mol. The fourth-order valence-electron chi connectivity index (χ4n) is 3.95. The van der Waals surface area contributed by atoms with Crippen molar-refractivity contribution in [2.24, 2.45) is 7.05 Å². The van der Waals surface area contributed by atoms with Crippen molar-refractivity contribution in [2.45, 2.75) is 25.7 Å². The summed E-state index contributed by atoms with van der Waals surface area (Å²) in [6, 6.07) is 7.76. The third-order valence-corrected chi connectivity index (χ3v) is 6.83. The van der Waals surface area contributed by atoms with Crippen molar-refractivity contribution in [3.63, 3.8) is 0 Å². The van der Waals surface area contributed by atoms with Crippen LogP contribution in [0.1, 0.15) is 39.9 Å². The summed E-state index contributed by atoms with van der Waals surface area (Å²) >= 11 is 1.30. The number of carbonyl (C=O) groups excluding carboxylic acids is 1. The fourth-order valence-corrected chi connectivity index (χ4v) is 5.06. The average molecular weight is 408 g/mol. The van der Waals surface area contributed by atoms with Crippen molar-refractivity contribution in [2.75, 3.05) is 13.1 Å². The first-order valence-corrected chi connectivity index (χ1v) is 10.4. The minimum atomic E-state index is -0.113. The Morgan fingerprint density at radius 2 is 2.00 bits per heavy atom. The molecule has 0 atom stereocenters. The highest BCUT2D eigenvalue weighted by atomic mass is 32.1. The highest BCUT2D eigenvalue weighted by molar-refractivity contribution is 7.20. The number of hydrogen-bond donors (Lipinski definition) is 0. The van der Waals surface area contributed by atoms with Crippen LogP contribution in [0.15, 0.2) is 39.8 Å². The topological polar surface area (TPSA) is 81.2 Å². The van der Waals surface area contributed by atoms with Gasteiger partial charge in [-0.25, -0.2) is 9.97 Å². The summed E-state index contributed by atoms with van der Waals surface area (Å²) in [7, 11) is 1.67. The molecule has 4 heterocycles. The first kappa shape index (κ1) is 18.1. The molecule has 1 aliphatic rings. The molecule has 0 radical (unpaired) electrons. The highest BCUT2D eigenvalue weighted by Crippen LogP contribution is 2.33. The Labute approximate surface area is 170 Å². The minimum absolute atomic E-state index is 0.0245. The van der Waals surface area contributed by atoms with E-state index in [0.29, 0.717) is 28.2 Å². The Hall–Kier alpha value is -3.00. The molecule has 8 heteroatoms. The van der Waals surface area contributed by atoms with Gasteiger partial charge in [-0.1, -0.05) is 12.1 Å². The Morgan fingerprint density at radius 1 is 1.24 bits per heavy atom. The Bertz CT molecular complexity index is 1260. The molecule has 1 saturated heterocycles. The van der Waals surface area contributed by atoms with Gasteiger partial charge in [0.25, 0.3) is 11.5 Å². The maximum atomic E-state index is 13.1. The summed E-state index contributed by atoms with van der Waals surface area (Å²) in [4.78, 5) is 37.6. The first-order valence-electron chi connectivity index (χ1n) is 9.62. The lowest BCUT2D eigenvalue weighted by Gasteiger charge is -2.30. The van der Waals surface area contributed by atoms with E-state index >= 15 is 0 Å². The van der Waals surface area contributed by atoms with Gasteiger partial charge in [-0.15, -0.1) is 11.3 Å². The lowest BCUT2D eigenvalue weighted by molar-refractivity contribution is 0.0711. The second kappa shape index (κ2) is 6.81. The largest absolute Gasteiger partial charge is 0.440 e. The van der Waals surface area contributed by atoms with Crippen LogP contribution in [-0.2, 0) is 7.05 Å². The van der Waals surface area contributed by atoms with Gasteiger partial charge in [-0.3, -0.25) is 9.59 Å². The molecule has 0 unspecified atom stereocenters. The standard InChI is InChI=1S/C21H20N4O3S/c1-12-16-19(22-11-24(2)20(16)26)29-17(12)21(27)25-9-7-13(8-10-25)18-23-14-5-3-4-6-15(14)28-18/h3-6,11,13H,7-10H2,1-2H3. The number of para-hydroxylation sites is 2. The average Bonchev–Trinajstić information content (AvgIpc) is 3.32. The number of aryl methyl sites for hydroxylation is 2. The molecule has 1 fully saturated rings. The third kappa shape index (κ3) is 2.95. The third-order valence-electron chi connectivity index (χ3n) is 5.65. The molecule has 0 aliphatic carbocycles. The molecule has 1 aliphatic heterocycles. The van der Waals surface area contributed by atoms with Gasteiger partial charge in [-0.05, 0) is 37.5 Å². The Kier molecular flexibility index (Phi) is 4.24. The van der Waals surface area contributed by atoms with Gasteiger partial charge in [0.1, 0.15) is 10.3 Å². The SMILES string of the molecule is Cc1c(C(=O)N2CCC(c3nc4ccccc4o3)CC2)sc2ncn(C)c(=O)c12. The molecule has 3 aromatic heterocycles. The van der Waals surface area contributed by atoms with Crippen LogP contribution < -0.4 is 5.56 Å². The number of nitrogens with zero attached hydrogens (tertiary/aromatic N) is 4. The monoisotopic (exact) mass is 408 g/mol. The summed E-state index contributed by atoms with van der Waals surface area (Å²) in [6.07, 6.45) is 3.12. The lowest BCUT2D eigenvalue weighted by Crippen LogP contribution is -2.37. The zero-order valence-corrected chi connectivity index (χ0v) is 17.0. The lowest BCUT2D eigenvalue weighted by atomic mass is 9.96. The highest BCUT2D eigenvalue weighted by Gasteiger charge is 2.29. The molecule has 148 valence electrons. The molecular formula is C21H20N4O3S. The number of piperidine rings is 1. The summed E-state index contributed by atoms with van der Waals surface area (Å²) in [5.74, 6) is 0.941. The van der Waals surface area contributed by atoms with Crippen LogP contribution in [0, 0.1) is 6.92 Å². The van der Waals surface area contributed by atoms with Crippen LogP contribution in [0.4, 0.5) is 0 Å². The van der Waals surface area contributed by atoms with Gasteiger partial charge in [0.05, 0.1) is 16.6 Å². The van der Waals surface area contributed by atoms with Crippen molar-refractivity contribution >= 4 is 38.6 Å². The van der Waals surface area contributed by atoms with Gasteiger partial charge < -0.3 is 13.9 Å². The van der Waals surface area contributed by atoms with Crippen molar-refractivity contribution in [3.8, 4) is 0 Å². The van der Waals surface area contributed by atoms with Crippen molar-refractivity contribution in [3.05, 3.63) is 57.3 Å². The molecule has 0 bridgehead atoms. The second-order valence-electron chi connectivity index (χ2n) is 7.48. The Morgan fingerprint density at radius 3 is 2.76 bits per heavy atom. The summed E-state index contributed by atoms with van der Waals surface area (Å²) < 4.78 is 7.36. The number of oxazole rings is 1. The van der Waals surface area contributed by atoms with E-state index in [4.69, 9.17) is 4.42 Å². The number of likely N-dealkylation sites (tertiary alicyclic amines) is 1. The molecule has 7 nitrogen and oxygen atoms in total. The smallest absolute Gasteiger partial charge is 0.264 e. The van der Waals surface area contributed by atoms with E-state index in [0.717, 1.165) is 35.4 Å². The number of benzene rings is 1. The van der Waals surface area contributed by atoms with Crippen LogP contribution in [0.3, 0.4) is 0 Å². The van der Waals surface area contributed by atoms with Gasteiger partial charge in [0, 0.05) is 26.1 Å². The number of thiophene rings is 1. The zero-order chi connectivity index (χ0) is 20.1. The summed E-state index contributed by atoms with van der Waals surface area (Å²) in [5.41, 5.74) is 2.29. The number of carbonyl (C=O) groups is 1. The zero-order valence-electron chi connectivity index (χ0n) is 16.2. The fraction of sp³-hybridized carbons (Fsp3) is 0.333. The van der Waals surface area contributed by atoms with Crippen LogP contribution in [-0.4, -0.2) is 38.4 Å². The van der Waals surface area contributed by atoms with E-state index in [9.17, 15) is 9.59 Å². The summed E-state index contributed by atoms with van der Waals surface area (Å²) in [5, 5.41) is 0.546. The van der Waals surface area contributed by atoms with Crippen molar-refractivity contribution < 1.29 is 9.21 Å². The van der Waals surface area contributed by atoms with E-state index < -0.39 is 0 Å². The van der Waals surface area contributed by atoms with Crippen LogP contribution in [0.2, 0.25) is 0 Å². The molecule has 1 aromatic carbocycles. The van der Waals surface area contributed by atoms with Gasteiger partial charge in [-0.2, -0.15) is 0 Å². The number of fused-ring (bicyclic) bond motifs is 2. The molecule has 0 spiro atoms.